The molecule has 0 aliphatic carbocycles. The van der Waals surface area contributed by atoms with E-state index in [4.69, 9.17) is 23.8 Å². The number of carbonyl (C=O) groups is 1. The van der Waals surface area contributed by atoms with Crippen LogP contribution in [-0.4, -0.2) is 42.0 Å². The highest BCUT2D eigenvalue weighted by molar-refractivity contribution is 7.80. The maximum absolute atomic E-state index is 11.4. The van der Waals surface area contributed by atoms with Crippen molar-refractivity contribution in [3.05, 3.63) is 58.6 Å². The number of anilines is 2. The quantitative estimate of drug-likeness (QED) is 0.625. The number of carbonyl (C=O) groups excluding carboxylic acids is 1. The van der Waals surface area contributed by atoms with Gasteiger partial charge in [-0.25, -0.2) is 0 Å². The van der Waals surface area contributed by atoms with Crippen LogP contribution in [0.1, 0.15) is 22.8 Å². The Labute approximate surface area is 164 Å². The fraction of sp³-hybridized carbons (Fsp3) is 0.300. The summed E-state index contributed by atoms with van der Waals surface area (Å²) in [7, 11) is 0. The van der Waals surface area contributed by atoms with Crippen molar-refractivity contribution in [2.45, 2.75) is 13.8 Å². The SMILES string of the molecule is CC(=O)c1ccc(N2CCN(C(=S)Nc3ccc(C)c(Cl)c3)CC2)cc1. The first kappa shape index (κ1) is 18.7. The fourth-order valence-electron chi connectivity index (χ4n) is 2.95. The maximum atomic E-state index is 11.4. The van der Waals surface area contributed by atoms with E-state index in [2.05, 4.69) is 15.1 Å². The lowest BCUT2D eigenvalue weighted by Gasteiger charge is -2.37. The monoisotopic (exact) mass is 387 g/mol. The molecule has 0 bridgehead atoms. The van der Waals surface area contributed by atoms with E-state index < -0.39 is 0 Å². The van der Waals surface area contributed by atoms with Gasteiger partial charge in [-0.1, -0.05) is 17.7 Å². The van der Waals surface area contributed by atoms with Crippen molar-refractivity contribution >= 4 is 46.1 Å². The summed E-state index contributed by atoms with van der Waals surface area (Å²) in [4.78, 5) is 15.9. The number of benzene rings is 2. The van der Waals surface area contributed by atoms with Crippen LogP contribution < -0.4 is 10.2 Å². The maximum Gasteiger partial charge on any atom is 0.173 e. The second-order valence-corrected chi connectivity index (χ2v) is 7.27. The van der Waals surface area contributed by atoms with E-state index >= 15 is 0 Å². The third-order valence-electron chi connectivity index (χ3n) is 4.63. The van der Waals surface area contributed by atoms with Gasteiger partial charge in [0.05, 0.1) is 0 Å². The molecule has 1 fully saturated rings. The summed E-state index contributed by atoms with van der Waals surface area (Å²) in [5, 5.41) is 4.72. The van der Waals surface area contributed by atoms with Gasteiger partial charge in [0.2, 0.25) is 0 Å². The van der Waals surface area contributed by atoms with E-state index in [0.29, 0.717) is 0 Å². The first-order valence-electron chi connectivity index (χ1n) is 8.62. The molecular formula is C20H22ClN3OS. The Morgan fingerprint density at radius 1 is 1.08 bits per heavy atom. The molecule has 0 saturated carbocycles. The Balaban J connectivity index is 1.56. The van der Waals surface area contributed by atoms with Crippen LogP contribution in [0.25, 0.3) is 0 Å². The minimum absolute atomic E-state index is 0.0917. The van der Waals surface area contributed by atoms with E-state index in [9.17, 15) is 4.79 Å². The van der Waals surface area contributed by atoms with Gasteiger partial charge in [-0.05, 0) is 68.0 Å². The molecule has 1 heterocycles. The van der Waals surface area contributed by atoms with E-state index in [1.807, 2.05) is 49.4 Å². The molecule has 0 amide bonds. The third kappa shape index (κ3) is 4.34. The average Bonchev–Trinajstić information content (AvgIpc) is 2.65. The molecule has 6 heteroatoms. The topological polar surface area (TPSA) is 35.6 Å². The van der Waals surface area contributed by atoms with Crippen molar-refractivity contribution in [3.8, 4) is 0 Å². The minimum Gasteiger partial charge on any atom is -0.368 e. The lowest BCUT2D eigenvalue weighted by molar-refractivity contribution is 0.101. The van der Waals surface area contributed by atoms with Crippen molar-refractivity contribution in [2.75, 3.05) is 36.4 Å². The summed E-state index contributed by atoms with van der Waals surface area (Å²) in [6.07, 6.45) is 0. The molecule has 26 heavy (non-hydrogen) atoms. The zero-order valence-corrected chi connectivity index (χ0v) is 16.5. The first-order valence-corrected chi connectivity index (χ1v) is 9.40. The molecule has 2 aromatic rings. The van der Waals surface area contributed by atoms with Gasteiger partial charge in [-0.15, -0.1) is 0 Å². The zero-order chi connectivity index (χ0) is 18.7. The lowest BCUT2D eigenvalue weighted by Crippen LogP contribution is -2.50. The van der Waals surface area contributed by atoms with E-state index in [-0.39, 0.29) is 5.78 Å². The molecule has 3 rings (SSSR count). The van der Waals surface area contributed by atoms with Gasteiger partial charge >= 0.3 is 0 Å². The molecule has 0 radical (unpaired) electrons. The Kier molecular flexibility index (Phi) is 5.79. The number of hydrogen-bond donors (Lipinski definition) is 1. The van der Waals surface area contributed by atoms with Gasteiger partial charge in [-0.3, -0.25) is 4.79 Å². The van der Waals surface area contributed by atoms with Crippen LogP contribution in [-0.2, 0) is 0 Å². The van der Waals surface area contributed by atoms with E-state index in [1.54, 1.807) is 6.92 Å². The van der Waals surface area contributed by atoms with Gasteiger partial charge in [0.15, 0.2) is 10.9 Å². The summed E-state index contributed by atoms with van der Waals surface area (Å²) >= 11 is 11.7. The number of rotatable bonds is 3. The third-order valence-corrected chi connectivity index (χ3v) is 5.40. The number of aryl methyl sites for hydroxylation is 1. The number of nitrogens with zero attached hydrogens (tertiary/aromatic N) is 2. The number of halogens is 1. The van der Waals surface area contributed by atoms with Crippen LogP contribution in [0.2, 0.25) is 5.02 Å². The second kappa shape index (κ2) is 8.06. The van der Waals surface area contributed by atoms with Gasteiger partial charge < -0.3 is 15.1 Å². The molecule has 1 N–H and O–H groups in total. The predicted molar refractivity (Wildman–Crippen MR) is 113 cm³/mol. The first-order chi connectivity index (χ1) is 12.4. The summed E-state index contributed by atoms with van der Waals surface area (Å²) in [6, 6.07) is 13.7. The molecule has 0 aromatic heterocycles. The number of ketones is 1. The van der Waals surface area contributed by atoms with Gasteiger partial charge in [0.25, 0.3) is 0 Å². The number of thiocarbonyl (C=S) groups is 1. The van der Waals surface area contributed by atoms with Crippen LogP contribution >= 0.6 is 23.8 Å². The molecule has 2 aromatic carbocycles. The largest absolute Gasteiger partial charge is 0.368 e. The predicted octanol–water partition coefficient (Wildman–Crippen LogP) is 4.37. The highest BCUT2D eigenvalue weighted by Crippen LogP contribution is 2.21. The Morgan fingerprint density at radius 3 is 2.31 bits per heavy atom. The molecule has 0 unspecified atom stereocenters. The summed E-state index contributed by atoms with van der Waals surface area (Å²) in [6.45, 7) is 7.03. The van der Waals surface area contributed by atoms with Crippen LogP contribution in [0.5, 0.6) is 0 Å². The van der Waals surface area contributed by atoms with Crippen LogP contribution in [0.15, 0.2) is 42.5 Å². The van der Waals surface area contributed by atoms with E-state index in [1.165, 1.54) is 0 Å². The van der Waals surface area contributed by atoms with Crippen molar-refractivity contribution in [1.82, 2.24) is 4.90 Å². The van der Waals surface area contributed by atoms with E-state index in [0.717, 1.165) is 58.8 Å². The lowest BCUT2D eigenvalue weighted by atomic mass is 10.1. The molecular weight excluding hydrogens is 366 g/mol. The summed E-state index contributed by atoms with van der Waals surface area (Å²) in [5.41, 5.74) is 3.84. The summed E-state index contributed by atoms with van der Waals surface area (Å²) in [5.74, 6) is 0.0917. The minimum atomic E-state index is 0.0917. The molecule has 4 nitrogen and oxygen atoms in total. The molecule has 0 atom stereocenters. The number of hydrogen-bond acceptors (Lipinski definition) is 3. The van der Waals surface area contributed by atoms with Crippen molar-refractivity contribution < 1.29 is 4.79 Å². The van der Waals surface area contributed by atoms with Gasteiger partial charge in [0.1, 0.15) is 0 Å². The Hall–Kier alpha value is -2.11. The number of nitrogens with one attached hydrogen (secondary N) is 1. The van der Waals surface area contributed by atoms with Crippen LogP contribution in [0, 0.1) is 6.92 Å². The summed E-state index contributed by atoms with van der Waals surface area (Å²) < 4.78 is 0. The average molecular weight is 388 g/mol. The second-order valence-electron chi connectivity index (χ2n) is 6.47. The highest BCUT2D eigenvalue weighted by Gasteiger charge is 2.19. The van der Waals surface area contributed by atoms with Gasteiger partial charge in [-0.2, -0.15) is 0 Å². The highest BCUT2D eigenvalue weighted by atomic mass is 35.5. The van der Waals surface area contributed by atoms with Crippen molar-refractivity contribution in [3.63, 3.8) is 0 Å². The number of piperazine rings is 1. The van der Waals surface area contributed by atoms with Crippen molar-refractivity contribution in [1.29, 1.82) is 0 Å². The zero-order valence-electron chi connectivity index (χ0n) is 15.0. The van der Waals surface area contributed by atoms with Gasteiger partial charge in [0, 0.05) is 48.1 Å². The van der Waals surface area contributed by atoms with Crippen LogP contribution in [0.3, 0.4) is 0 Å². The molecule has 136 valence electrons. The fourth-order valence-corrected chi connectivity index (χ4v) is 3.43. The van der Waals surface area contributed by atoms with Crippen LogP contribution in [0.4, 0.5) is 11.4 Å². The molecule has 0 spiro atoms. The molecule has 1 aliphatic rings. The normalized spacial score (nSPS) is 14.3. The molecule has 1 saturated heterocycles. The molecule has 1 aliphatic heterocycles. The Bertz CT molecular complexity index is 814. The number of Topliss-reactive ketones (excluding diaryl/α,β-unsaturated/α-hetero) is 1. The standard InChI is InChI=1S/C20H22ClN3OS/c1-14-3-6-17(13-19(14)21)22-20(26)24-11-9-23(10-12-24)18-7-4-16(5-8-18)15(2)25/h3-8,13H,9-12H2,1-2H3,(H,22,26). The Morgan fingerprint density at radius 2 is 1.73 bits per heavy atom. The smallest absolute Gasteiger partial charge is 0.173 e. The van der Waals surface area contributed by atoms with Crippen molar-refractivity contribution in [2.24, 2.45) is 0 Å².